The Bertz CT molecular complexity index is 952. The number of ether oxygens (including phenoxy) is 1. The van der Waals surface area contributed by atoms with Crippen molar-refractivity contribution in [3.05, 3.63) is 77.5 Å². The van der Waals surface area contributed by atoms with Crippen LogP contribution in [0.25, 0.3) is 0 Å². The molecule has 0 atom stereocenters. The van der Waals surface area contributed by atoms with Crippen LogP contribution in [0, 0.1) is 6.92 Å². The molecule has 0 spiro atoms. The first-order chi connectivity index (χ1) is 13.5. The lowest BCUT2D eigenvalue weighted by molar-refractivity contribution is 0.102. The Morgan fingerprint density at radius 3 is 2.57 bits per heavy atom. The van der Waals surface area contributed by atoms with E-state index < -0.39 is 0 Å². The quantitative estimate of drug-likeness (QED) is 0.583. The summed E-state index contributed by atoms with van der Waals surface area (Å²) in [4.78, 5) is 16.5. The summed E-state index contributed by atoms with van der Waals surface area (Å²) in [6.07, 6.45) is 3.39. The summed E-state index contributed by atoms with van der Waals surface area (Å²) in [5.41, 5.74) is 8.90. The Labute approximate surface area is 165 Å². The topological polar surface area (TPSA) is 77.2 Å². The summed E-state index contributed by atoms with van der Waals surface area (Å²) in [6.45, 7) is 4.01. The van der Waals surface area contributed by atoms with E-state index in [9.17, 15) is 4.79 Å². The summed E-state index contributed by atoms with van der Waals surface area (Å²) in [5, 5.41) is 2.83. The van der Waals surface area contributed by atoms with Crippen molar-refractivity contribution >= 4 is 17.4 Å². The normalized spacial score (nSPS) is 10.5. The molecule has 0 fully saturated rings. The van der Waals surface area contributed by atoms with E-state index in [1.807, 2.05) is 31.2 Å². The second-order valence-electron chi connectivity index (χ2n) is 6.72. The van der Waals surface area contributed by atoms with Crippen LogP contribution in [0.3, 0.4) is 0 Å². The largest absolute Gasteiger partial charge is 0.457 e. The Balaban J connectivity index is 1.64. The van der Waals surface area contributed by atoms with Crippen molar-refractivity contribution < 1.29 is 9.53 Å². The molecule has 144 valence electrons. The molecule has 1 aromatic heterocycles. The molecule has 0 radical (unpaired) electrons. The molecular weight excluding hydrogens is 350 g/mol. The summed E-state index contributed by atoms with van der Waals surface area (Å²) in [6, 6.07) is 18.8. The number of carbonyl (C=O) groups excluding carboxylic acids is 1. The number of anilines is 2. The van der Waals surface area contributed by atoms with Gasteiger partial charge in [0.2, 0.25) is 0 Å². The van der Waals surface area contributed by atoms with Gasteiger partial charge in [-0.25, -0.2) is 4.98 Å². The van der Waals surface area contributed by atoms with Crippen LogP contribution >= 0.6 is 0 Å². The molecule has 1 amide bonds. The number of unbranched alkanes of at least 4 members (excludes halogenated alkanes) is 1. The number of carbonyl (C=O) groups is 1. The third-order valence-corrected chi connectivity index (χ3v) is 4.37. The molecular formula is C23H25N3O2. The predicted octanol–water partition coefficient (Wildman–Crippen LogP) is 5.36. The van der Waals surface area contributed by atoms with E-state index >= 15 is 0 Å². The summed E-state index contributed by atoms with van der Waals surface area (Å²) in [7, 11) is 0. The second-order valence-corrected chi connectivity index (χ2v) is 6.72. The highest BCUT2D eigenvalue weighted by molar-refractivity contribution is 6.07. The van der Waals surface area contributed by atoms with Gasteiger partial charge in [-0.05, 0) is 73.9 Å². The lowest BCUT2D eigenvalue weighted by Crippen LogP contribution is -2.15. The van der Waals surface area contributed by atoms with Crippen molar-refractivity contribution in [1.29, 1.82) is 0 Å². The molecule has 0 aliphatic rings. The molecule has 0 saturated heterocycles. The van der Waals surface area contributed by atoms with Crippen LogP contribution in [-0.2, 0) is 6.42 Å². The van der Waals surface area contributed by atoms with Gasteiger partial charge in [0, 0.05) is 11.4 Å². The van der Waals surface area contributed by atoms with E-state index in [0.717, 1.165) is 17.9 Å². The Kier molecular flexibility index (Phi) is 6.27. The standard InChI is InChI=1S/C23H25N3O2/c1-3-4-6-17-7-5-8-20(15-17)28-19-12-10-18(11-13-19)26-23(27)21-14-9-16(2)25-22(21)24/h5,7-15H,3-4,6H2,1-2H3,(H2,24,25)(H,26,27). The molecule has 5 nitrogen and oxygen atoms in total. The van der Waals surface area contributed by atoms with E-state index in [1.54, 1.807) is 24.3 Å². The molecule has 0 aliphatic heterocycles. The molecule has 3 N–H and O–H groups in total. The highest BCUT2D eigenvalue weighted by Crippen LogP contribution is 2.25. The van der Waals surface area contributed by atoms with E-state index in [1.165, 1.54) is 18.4 Å². The van der Waals surface area contributed by atoms with Gasteiger partial charge in [-0.1, -0.05) is 25.5 Å². The number of nitrogens with one attached hydrogen (secondary N) is 1. The highest BCUT2D eigenvalue weighted by atomic mass is 16.5. The smallest absolute Gasteiger partial charge is 0.259 e. The predicted molar refractivity (Wildman–Crippen MR) is 113 cm³/mol. The molecule has 3 aromatic rings. The molecule has 3 rings (SSSR count). The fourth-order valence-corrected chi connectivity index (χ4v) is 2.86. The highest BCUT2D eigenvalue weighted by Gasteiger charge is 2.11. The monoisotopic (exact) mass is 375 g/mol. The minimum Gasteiger partial charge on any atom is -0.457 e. The molecule has 28 heavy (non-hydrogen) atoms. The van der Waals surface area contributed by atoms with E-state index in [-0.39, 0.29) is 11.7 Å². The van der Waals surface area contributed by atoms with Gasteiger partial charge in [0.15, 0.2) is 0 Å². The zero-order valence-corrected chi connectivity index (χ0v) is 16.2. The number of amides is 1. The lowest BCUT2D eigenvalue weighted by Gasteiger charge is -2.10. The van der Waals surface area contributed by atoms with Crippen LogP contribution in [0.15, 0.2) is 60.7 Å². The molecule has 0 unspecified atom stereocenters. The van der Waals surface area contributed by atoms with Crippen molar-refractivity contribution in [2.45, 2.75) is 33.1 Å². The van der Waals surface area contributed by atoms with Crippen LogP contribution in [0.5, 0.6) is 11.5 Å². The van der Waals surface area contributed by atoms with Crippen molar-refractivity contribution in [2.24, 2.45) is 0 Å². The minimum absolute atomic E-state index is 0.223. The number of hydrogen-bond donors (Lipinski definition) is 2. The van der Waals surface area contributed by atoms with Gasteiger partial charge in [0.25, 0.3) is 5.91 Å². The lowest BCUT2D eigenvalue weighted by atomic mass is 10.1. The van der Waals surface area contributed by atoms with Crippen LogP contribution in [0.1, 0.15) is 41.4 Å². The summed E-state index contributed by atoms with van der Waals surface area (Å²) in [5.74, 6) is 1.45. The van der Waals surface area contributed by atoms with E-state index in [4.69, 9.17) is 10.5 Å². The van der Waals surface area contributed by atoms with Crippen LogP contribution < -0.4 is 15.8 Å². The van der Waals surface area contributed by atoms with Gasteiger partial charge < -0.3 is 15.8 Å². The third-order valence-electron chi connectivity index (χ3n) is 4.37. The van der Waals surface area contributed by atoms with Crippen LogP contribution in [-0.4, -0.2) is 10.9 Å². The maximum Gasteiger partial charge on any atom is 0.259 e. The molecule has 1 heterocycles. The first-order valence-electron chi connectivity index (χ1n) is 9.46. The number of nitrogens with zero attached hydrogens (tertiary/aromatic N) is 1. The van der Waals surface area contributed by atoms with E-state index in [0.29, 0.717) is 17.0 Å². The zero-order valence-electron chi connectivity index (χ0n) is 16.2. The second kappa shape index (κ2) is 9.04. The maximum absolute atomic E-state index is 12.4. The SMILES string of the molecule is CCCCc1cccc(Oc2ccc(NC(=O)c3ccc(C)nc3N)cc2)c1. The fraction of sp³-hybridized carbons (Fsp3) is 0.217. The van der Waals surface area contributed by atoms with Gasteiger partial charge in [0.05, 0.1) is 5.56 Å². The van der Waals surface area contributed by atoms with Crippen molar-refractivity contribution in [2.75, 3.05) is 11.1 Å². The van der Waals surface area contributed by atoms with Crippen molar-refractivity contribution in [3.63, 3.8) is 0 Å². The Morgan fingerprint density at radius 1 is 1.07 bits per heavy atom. The number of benzene rings is 2. The average molecular weight is 375 g/mol. The number of aryl methyl sites for hydroxylation is 2. The maximum atomic E-state index is 12.4. The number of rotatable bonds is 7. The minimum atomic E-state index is -0.290. The van der Waals surface area contributed by atoms with Crippen molar-refractivity contribution in [1.82, 2.24) is 4.98 Å². The molecule has 5 heteroatoms. The first kappa shape index (κ1) is 19.4. The number of aromatic nitrogens is 1. The molecule has 0 aliphatic carbocycles. The van der Waals surface area contributed by atoms with E-state index in [2.05, 4.69) is 29.4 Å². The van der Waals surface area contributed by atoms with Gasteiger partial charge in [-0.15, -0.1) is 0 Å². The van der Waals surface area contributed by atoms with Crippen molar-refractivity contribution in [3.8, 4) is 11.5 Å². The average Bonchev–Trinajstić information content (AvgIpc) is 2.68. The Hall–Kier alpha value is -3.34. The number of hydrogen-bond acceptors (Lipinski definition) is 4. The summed E-state index contributed by atoms with van der Waals surface area (Å²) >= 11 is 0. The van der Waals surface area contributed by atoms with Crippen LogP contribution in [0.4, 0.5) is 11.5 Å². The van der Waals surface area contributed by atoms with Crippen LogP contribution in [0.2, 0.25) is 0 Å². The zero-order chi connectivity index (χ0) is 19.9. The number of nitrogens with two attached hydrogens (primary N) is 1. The molecule has 2 aromatic carbocycles. The first-order valence-corrected chi connectivity index (χ1v) is 9.46. The van der Waals surface area contributed by atoms with Gasteiger partial charge in [-0.3, -0.25) is 4.79 Å². The van der Waals surface area contributed by atoms with Gasteiger partial charge >= 0.3 is 0 Å². The number of nitrogen functional groups attached to an aromatic ring is 1. The van der Waals surface area contributed by atoms with Gasteiger partial charge in [-0.2, -0.15) is 0 Å². The molecule has 0 bridgehead atoms. The fourth-order valence-electron chi connectivity index (χ4n) is 2.86. The number of pyridine rings is 1. The molecule has 0 saturated carbocycles. The third kappa shape index (κ3) is 5.10. The van der Waals surface area contributed by atoms with Gasteiger partial charge in [0.1, 0.15) is 17.3 Å². The Morgan fingerprint density at radius 2 is 1.86 bits per heavy atom. The summed E-state index contributed by atoms with van der Waals surface area (Å²) < 4.78 is 5.93.